The molecule has 2 aliphatic heterocycles. The van der Waals surface area contributed by atoms with Crippen LogP contribution in [-0.2, 0) is 6.54 Å². The number of hydrogen-bond acceptors (Lipinski definition) is 3. The number of piperidine rings is 1. The lowest BCUT2D eigenvalue weighted by atomic mass is 9.79. The second kappa shape index (κ2) is 7.06. The van der Waals surface area contributed by atoms with Crippen molar-refractivity contribution in [3.05, 3.63) is 47.8 Å². The summed E-state index contributed by atoms with van der Waals surface area (Å²) in [6.07, 6.45) is 11.0. The molecule has 1 saturated carbocycles. The van der Waals surface area contributed by atoms with E-state index in [0.717, 1.165) is 18.2 Å². The number of benzene rings is 1. The van der Waals surface area contributed by atoms with E-state index in [2.05, 4.69) is 40.0 Å². The van der Waals surface area contributed by atoms with Crippen molar-refractivity contribution in [3.8, 4) is 5.69 Å². The minimum absolute atomic E-state index is 0.566. The number of hydrogen-bond donors (Lipinski definition) is 0. The van der Waals surface area contributed by atoms with Crippen molar-refractivity contribution in [2.75, 3.05) is 32.7 Å². The summed E-state index contributed by atoms with van der Waals surface area (Å²) in [5, 5.41) is 4.35. The summed E-state index contributed by atoms with van der Waals surface area (Å²) in [5.41, 5.74) is 4.56. The molecule has 4 heteroatoms. The molecule has 4 nitrogen and oxygen atoms in total. The fourth-order valence-corrected chi connectivity index (χ4v) is 5.29. The molecule has 144 valence electrons. The van der Waals surface area contributed by atoms with Crippen LogP contribution in [0, 0.1) is 18.3 Å². The number of rotatable bonds is 5. The third-order valence-electron chi connectivity index (χ3n) is 6.96. The van der Waals surface area contributed by atoms with Crippen LogP contribution in [0.1, 0.15) is 43.2 Å². The predicted molar refractivity (Wildman–Crippen MR) is 109 cm³/mol. The third kappa shape index (κ3) is 3.83. The molecule has 5 rings (SSSR count). The molecule has 3 fully saturated rings. The Morgan fingerprint density at radius 3 is 2.78 bits per heavy atom. The SMILES string of the molecule is Cc1cc(-n2cccn2)ccc1CN1CC[C@]2(CCCN(CC3CC3)C2)C1. The first-order valence-electron chi connectivity index (χ1n) is 10.7. The van der Waals surface area contributed by atoms with Crippen molar-refractivity contribution < 1.29 is 0 Å². The number of nitrogens with zero attached hydrogens (tertiary/aromatic N) is 4. The number of aryl methyl sites for hydroxylation is 1. The fourth-order valence-electron chi connectivity index (χ4n) is 5.29. The minimum Gasteiger partial charge on any atom is -0.302 e. The van der Waals surface area contributed by atoms with E-state index in [1.54, 1.807) is 0 Å². The first-order chi connectivity index (χ1) is 13.2. The first-order valence-corrected chi connectivity index (χ1v) is 10.7. The fraction of sp³-hybridized carbons (Fsp3) is 0.609. The summed E-state index contributed by atoms with van der Waals surface area (Å²) < 4.78 is 1.94. The molecule has 2 aromatic rings. The third-order valence-corrected chi connectivity index (χ3v) is 6.96. The Morgan fingerprint density at radius 2 is 2.00 bits per heavy atom. The summed E-state index contributed by atoms with van der Waals surface area (Å²) in [6.45, 7) is 9.94. The van der Waals surface area contributed by atoms with Crippen molar-refractivity contribution in [1.29, 1.82) is 0 Å². The van der Waals surface area contributed by atoms with Gasteiger partial charge in [0.15, 0.2) is 0 Å². The largest absolute Gasteiger partial charge is 0.302 e. The van der Waals surface area contributed by atoms with Crippen LogP contribution in [0.25, 0.3) is 5.69 Å². The van der Waals surface area contributed by atoms with Crippen molar-refractivity contribution >= 4 is 0 Å². The minimum atomic E-state index is 0.566. The average Bonchev–Trinajstić information content (AvgIpc) is 3.16. The molecule has 0 N–H and O–H groups in total. The lowest BCUT2D eigenvalue weighted by Gasteiger charge is -2.40. The molecular formula is C23H32N4. The van der Waals surface area contributed by atoms with Crippen molar-refractivity contribution in [2.24, 2.45) is 11.3 Å². The van der Waals surface area contributed by atoms with Gasteiger partial charge in [0.25, 0.3) is 0 Å². The quantitative estimate of drug-likeness (QED) is 0.805. The molecule has 2 saturated heterocycles. The Kier molecular flexibility index (Phi) is 4.57. The van der Waals surface area contributed by atoms with Gasteiger partial charge in [0.05, 0.1) is 5.69 Å². The monoisotopic (exact) mass is 364 g/mol. The molecule has 1 aromatic heterocycles. The van der Waals surface area contributed by atoms with Gasteiger partial charge in [-0.3, -0.25) is 4.90 Å². The molecule has 1 aromatic carbocycles. The highest BCUT2D eigenvalue weighted by molar-refractivity contribution is 5.39. The summed E-state index contributed by atoms with van der Waals surface area (Å²) in [7, 11) is 0. The Bertz CT molecular complexity index is 780. The molecule has 1 atom stereocenters. The van der Waals surface area contributed by atoms with Gasteiger partial charge in [0.1, 0.15) is 0 Å². The Morgan fingerprint density at radius 1 is 1.11 bits per heavy atom. The maximum atomic E-state index is 4.35. The molecule has 3 aliphatic rings. The van der Waals surface area contributed by atoms with E-state index < -0.39 is 0 Å². The highest BCUT2D eigenvalue weighted by Crippen LogP contribution is 2.41. The van der Waals surface area contributed by atoms with Crippen LogP contribution in [0.4, 0.5) is 0 Å². The van der Waals surface area contributed by atoms with E-state index in [1.807, 2.05) is 23.1 Å². The Labute approximate surface area is 163 Å². The van der Waals surface area contributed by atoms with Gasteiger partial charge in [-0.25, -0.2) is 4.68 Å². The van der Waals surface area contributed by atoms with E-state index in [4.69, 9.17) is 0 Å². The van der Waals surface area contributed by atoms with E-state index in [0.29, 0.717) is 5.41 Å². The predicted octanol–water partition coefficient (Wildman–Crippen LogP) is 3.88. The topological polar surface area (TPSA) is 24.3 Å². The van der Waals surface area contributed by atoms with Gasteiger partial charge in [-0.2, -0.15) is 5.10 Å². The van der Waals surface area contributed by atoms with Gasteiger partial charge in [-0.1, -0.05) is 6.07 Å². The van der Waals surface area contributed by atoms with Gasteiger partial charge in [0.2, 0.25) is 0 Å². The normalized spacial score (nSPS) is 26.9. The van der Waals surface area contributed by atoms with Crippen LogP contribution < -0.4 is 0 Å². The molecule has 0 bridgehead atoms. The maximum absolute atomic E-state index is 4.35. The van der Waals surface area contributed by atoms with Crippen molar-refractivity contribution in [2.45, 2.75) is 45.6 Å². The van der Waals surface area contributed by atoms with E-state index >= 15 is 0 Å². The first kappa shape index (κ1) is 17.4. The maximum Gasteiger partial charge on any atom is 0.0648 e. The van der Waals surface area contributed by atoms with Gasteiger partial charge >= 0.3 is 0 Å². The van der Waals surface area contributed by atoms with Gasteiger partial charge in [-0.05, 0) is 92.8 Å². The average molecular weight is 365 g/mol. The highest BCUT2D eigenvalue weighted by atomic mass is 15.3. The number of likely N-dealkylation sites (tertiary alicyclic amines) is 2. The van der Waals surface area contributed by atoms with E-state index in [9.17, 15) is 0 Å². The smallest absolute Gasteiger partial charge is 0.0648 e. The Hall–Kier alpha value is -1.65. The zero-order chi connectivity index (χ0) is 18.3. The molecule has 0 amide bonds. The molecular weight excluding hydrogens is 332 g/mol. The second-order valence-corrected chi connectivity index (χ2v) is 9.30. The van der Waals surface area contributed by atoms with Crippen LogP contribution >= 0.6 is 0 Å². The highest BCUT2D eigenvalue weighted by Gasteiger charge is 2.42. The van der Waals surface area contributed by atoms with Crippen LogP contribution in [0.3, 0.4) is 0 Å². The van der Waals surface area contributed by atoms with Crippen LogP contribution in [0.5, 0.6) is 0 Å². The summed E-state index contributed by atoms with van der Waals surface area (Å²) in [5.74, 6) is 1.02. The molecule has 0 unspecified atom stereocenters. The van der Waals surface area contributed by atoms with Crippen LogP contribution in [0.2, 0.25) is 0 Å². The second-order valence-electron chi connectivity index (χ2n) is 9.30. The van der Waals surface area contributed by atoms with Crippen molar-refractivity contribution in [3.63, 3.8) is 0 Å². The van der Waals surface area contributed by atoms with Gasteiger partial charge in [-0.15, -0.1) is 0 Å². The van der Waals surface area contributed by atoms with Crippen LogP contribution in [-0.4, -0.2) is 52.3 Å². The molecule has 0 radical (unpaired) electrons. The molecule has 1 aliphatic carbocycles. The van der Waals surface area contributed by atoms with Gasteiger partial charge < -0.3 is 4.90 Å². The van der Waals surface area contributed by atoms with Crippen LogP contribution in [0.15, 0.2) is 36.7 Å². The summed E-state index contributed by atoms with van der Waals surface area (Å²) in [6, 6.07) is 8.76. The van der Waals surface area contributed by atoms with Gasteiger partial charge in [0, 0.05) is 38.6 Å². The zero-order valence-electron chi connectivity index (χ0n) is 16.6. The molecule has 3 heterocycles. The summed E-state index contributed by atoms with van der Waals surface area (Å²) in [4.78, 5) is 5.49. The summed E-state index contributed by atoms with van der Waals surface area (Å²) >= 11 is 0. The lowest BCUT2D eigenvalue weighted by Crippen LogP contribution is -2.45. The molecule has 27 heavy (non-hydrogen) atoms. The molecule has 1 spiro atoms. The van der Waals surface area contributed by atoms with E-state index in [1.165, 1.54) is 76.0 Å². The zero-order valence-corrected chi connectivity index (χ0v) is 16.6. The standard InChI is InChI=1S/C23H32N4/c1-19-14-22(27-12-3-10-24-27)7-6-21(19)16-26-13-9-23(18-26)8-2-11-25(17-23)15-20-4-5-20/h3,6-7,10,12,14,20H,2,4-5,8-9,11,13,15-18H2,1H3/t23-/m0/s1. The van der Waals surface area contributed by atoms with Crippen molar-refractivity contribution in [1.82, 2.24) is 19.6 Å². The number of aromatic nitrogens is 2. The van der Waals surface area contributed by atoms with E-state index in [-0.39, 0.29) is 0 Å². The Balaban J connectivity index is 1.23. The lowest BCUT2D eigenvalue weighted by molar-refractivity contribution is 0.0884.